The Morgan fingerprint density at radius 3 is 2.48 bits per heavy atom. The number of halogens is 3. The molecule has 0 aliphatic carbocycles. The van der Waals surface area contributed by atoms with Crippen LogP contribution in [0.4, 0.5) is 13.2 Å². The number of hydrogen-bond donors (Lipinski definition) is 0. The first-order valence-electron chi connectivity index (χ1n) is 8.88. The van der Waals surface area contributed by atoms with Crippen LogP contribution in [0.2, 0.25) is 0 Å². The lowest BCUT2D eigenvalue weighted by atomic mass is 10.1. The predicted octanol–water partition coefficient (Wildman–Crippen LogP) is 5.27. The molecule has 0 saturated carbocycles. The number of alkyl halides is 3. The number of carbonyl (C=O) groups is 1. The third kappa shape index (κ3) is 5.73. The summed E-state index contributed by atoms with van der Waals surface area (Å²) in [6, 6.07) is 15.5. The van der Waals surface area contributed by atoms with E-state index in [0.717, 1.165) is 12.1 Å². The molecule has 0 saturated heterocycles. The molecule has 1 aromatic heterocycles. The summed E-state index contributed by atoms with van der Waals surface area (Å²) in [5, 5.41) is 8.88. The molecule has 158 valence electrons. The van der Waals surface area contributed by atoms with Crippen molar-refractivity contribution >= 4 is 5.97 Å². The second-order valence-electron chi connectivity index (χ2n) is 6.23. The van der Waals surface area contributed by atoms with Gasteiger partial charge >= 0.3 is 12.1 Å². The maximum Gasteiger partial charge on any atom is 0.420 e. The molecular formula is C22H15F3N2O4. The highest BCUT2D eigenvalue weighted by molar-refractivity contribution is 5.72. The van der Waals surface area contributed by atoms with Crippen molar-refractivity contribution in [3.05, 3.63) is 77.5 Å². The summed E-state index contributed by atoms with van der Waals surface area (Å²) in [4.78, 5) is 15.3. The minimum atomic E-state index is -4.72. The van der Waals surface area contributed by atoms with E-state index in [1.807, 2.05) is 6.07 Å². The van der Waals surface area contributed by atoms with Gasteiger partial charge < -0.3 is 14.2 Å². The van der Waals surface area contributed by atoms with E-state index in [0.29, 0.717) is 5.56 Å². The molecule has 3 aromatic rings. The number of ether oxygens (including phenoxy) is 3. The average molecular weight is 428 g/mol. The van der Waals surface area contributed by atoms with Crippen molar-refractivity contribution in [2.24, 2.45) is 0 Å². The lowest BCUT2D eigenvalue weighted by Crippen LogP contribution is -2.08. The Labute approximate surface area is 175 Å². The molecule has 0 fully saturated rings. The molecule has 0 spiro atoms. The van der Waals surface area contributed by atoms with Crippen LogP contribution in [0.1, 0.15) is 16.8 Å². The molecular weight excluding hydrogens is 413 g/mol. The number of methoxy groups -OCH3 is 1. The van der Waals surface area contributed by atoms with Crippen molar-refractivity contribution in [1.82, 2.24) is 4.98 Å². The maximum absolute atomic E-state index is 13.6. The standard InChI is InChI=1S/C22H15F3N2O4/c1-29-21(28)11-14-4-2-6-16(10-14)30-19-9-8-17(12-18(19)22(23,24)25)31-20-7-3-5-15(13-26)27-20/h2-10,12H,11H2,1H3. The molecule has 2 aromatic carbocycles. The van der Waals surface area contributed by atoms with Crippen molar-refractivity contribution in [1.29, 1.82) is 5.26 Å². The van der Waals surface area contributed by atoms with Crippen LogP contribution in [0.25, 0.3) is 0 Å². The summed E-state index contributed by atoms with van der Waals surface area (Å²) in [5.41, 5.74) is -0.457. The Hall–Kier alpha value is -4.06. The van der Waals surface area contributed by atoms with Gasteiger partial charge in [0.1, 0.15) is 34.6 Å². The molecule has 0 atom stereocenters. The molecule has 0 aliphatic heterocycles. The van der Waals surface area contributed by atoms with E-state index in [2.05, 4.69) is 9.72 Å². The molecule has 6 nitrogen and oxygen atoms in total. The molecule has 0 radical (unpaired) electrons. The SMILES string of the molecule is COC(=O)Cc1cccc(Oc2ccc(Oc3cccc(C#N)n3)cc2C(F)(F)F)c1. The fourth-order valence-corrected chi connectivity index (χ4v) is 2.62. The number of carbonyl (C=O) groups excluding carboxylic acids is 1. The van der Waals surface area contributed by atoms with Crippen molar-refractivity contribution in [3.63, 3.8) is 0 Å². The molecule has 0 amide bonds. The molecule has 0 N–H and O–H groups in total. The van der Waals surface area contributed by atoms with E-state index in [4.69, 9.17) is 14.7 Å². The number of aromatic nitrogens is 1. The largest absolute Gasteiger partial charge is 0.469 e. The van der Waals surface area contributed by atoms with Crippen LogP contribution in [0, 0.1) is 11.3 Å². The zero-order chi connectivity index (χ0) is 22.4. The number of esters is 1. The van der Waals surface area contributed by atoms with E-state index in [-0.39, 0.29) is 29.5 Å². The molecule has 3 rings (SSSR count). The van der Waals surface area contributed by atoms with E-state index >= 15 is 0 Å². The van der Waals surface area contributed by atoms with Gasteiger partial charge in [0, 0.05) is 6.07 Å². The number of benzene rings is 2. The van der Waals surface area contributed by atoms with Crippen LogP contribution in [0.5, 0.6) is 23.1 Å². The van der Waals surface area contributed by atoms with Gasteiger partial charge in [-0.3, -0.25) is 4.79 Å². The number of nitriles is 1. The van der Waals surface area contributed by atoms with Gasteiger partial charge in [-0.2, -0.15) is 18.4 Å². The minimum absolute atomic E-state index is 0.0173. The molecule has 0 unspecified atom stereocenters. The van der Waals surface area contributed by atoms with Crippen LogP contribution < -0.4 is 9.47 Å². The monoisotopic (exact) mass is 428 g/mol. The highest BCUT2D eigenvalue weighted by atomic mass is 19.4. The zero-order valence-electron chi connectivity index (χ0n) is 16.1. The van der Waals surface area contributed by atoms with Gasteiger partial charge in [0.2, 0.25) is 5.88 Å². The molecule has 0 aliphatic rings. The Morgan fingerprint density at radius 2 is 1.77 bits per heavy atom. The van der Waals surface area contributed by atoms with Crippen LogP contribution in [-0.4, -0.2) is 18.1 Å². The zero-order valence-corrected chi connectivity index (χ0v) is 16.1. The quantitative estimate of drug-likeness (QED) is 0.498. The molecule has 1 heterocycles. The number of nitrogens with zero attached hydrogens (tertiary/aromatic N) is 2. The summed E-state index contributed by atoms with van der Waals surface area (Å²) in [5.74, 6) is -0.931. The number of rotatable bonds is 6. The second-order valence-corrected chi connectivity index (χ2v) is 6.23. The summed E-state index contributed by atoms with van der Waals surface area (Å²) in [6.45, 7) is 0. The fourth-order valence-electron chi connectivity index (χ4n) is 2.62. The van der Waals surface area contributed by atoms with E-state index < -0.39 is 23.5 Å². The van der Waals surface area contributed by atoms with Gasteiger partial charge in [-0.25, -0.2) is 4.98 Å². The van der Waals surface area contributed by atoms with Crippen LogP contribution in [0.3, 0.4) is 0 Å². The van der Waals surface area contributed by atoms with Crippen molar-refractivity contribution < 1.29 is 32.2 Å². The van der Waals surface area contributed by atoms with Crippen molar-refractivity contribution in [2.75, 3.05) is 7.11 Å². The fraction of sp³-hybridized carbons (Fsp3) is 0.136. The Bertz CT molecular complexity index is 1140. The molecule has 0 bridgehead atoms. The first kappa shape index (κ1) is 21.6. The van der Waals surface area contributed by atoms with Gasteiger partial charge in [0.25, 0.3) is 0 Å². The van der Waals surface area contributed by atoms with E-state index in [1.54, 1.807) is 12.1 Å². The molecule has 9 heteroatoms. The number of hydrogen-bond acceptors (Lipinski definition) is 6. The third-order valence-electron chi connectivity index (χ3n) is 4.02. The topological polar surface area (TPSA) is 81.4 Å². The summed E-state index contributed by atoms with van der Waals surface area (Å²) >= 11 is 0. The first-order chi connectivity index (χ1) is 14.8. The highest BCUT2D eigenvalue weighted by Gasteiger charge is 2.35. The summed E-state index contributed by atoms with van der Waals surface area (Å²) in [6.07, 6.45) is -4.76. The summed E-state index contributed by atoms with van der Waals surface area (Å²) in [7, 11) is 1.24. The van der Waals surface area contributed by atoms with Gasteiger partial charge in [-0.1, -0.05) is 18.2 Å². The van der Waals surface area contributed by atoms with Gasteiger partial charge in [0.05, 0.1) is 13.5 Å². The normalized spacial score (nSPS) is 10.8. The first-order valence-corrected chi connectivity index (χ1v) is 8.88. The van der Waals surface area contributed by atoms with E-state index in [9.17, 15) is 18.0 Å². The highest BCUT2D eigenvalue weighted by Crippen LogP contribution is 2.41. The lowest BCUT2D eigenvalue weighted by molar-refractivity contribution is -0.140. The average Bonchev–Trinajstić information content (AvgIpc) is 2.74. The Morgan fingerprint density at radius 1 is 1.03 bits per heavy atom. The van der Waals surface area contributed by atoms with Crippen LogP contribution >= 0.6 is 0 Å². The van der Waals surface area contributed by atoms with Gasteiger partial charge in [-0.05, 0) is 42.0 Å². The van der Waals surface area contributed by atoms with Gasteiger partial charge in [-0.15, -0.1) is 0 Å². The Kier molecular flexibility index (Phi) is 6.40. The van der Waals surface area contributed by atoms with Crippen molar-refractivity contribution in [2.45, 2.75) is 12.6 Å². The lowest BCUT2D eigenvalue weighted by Gasteiger charge is -2.16. The smallest absolute Gasteiger partial charge is 0.420 e. The van der Waals surface area contributed by atoms with E-state index in [1.165, 1.54) is 43.5 Å². The predicted molar refractivity (Wildman–Crippen MR) is 103 cm³/mol. The second kappa shape index (κ2) is 9.17. The third-order valence-corrected chi connectivity index (χ3v) is 4.02. The minimum Gasteiger partial charge on any atom is -0.469 e. The summed E-state index contributed by atoms with van der Waals surface area (Å²) < 4.78 is 56.3. The number of pyridine rings is 1. The van der Waals surface area contributed by atoms with Gasteiger partial charge in [0.15, 0.2) is 0 Å². The van der Waals surface area contributed by atoms with Crippen LogP contribution in [-0.2, 0) is 22.1 Å². The Balaban J connectivity index is 1.88. The molecule has 31 heavy (non-hydrogen) atoms. The maximum atomic E-state index is 13.6. The van der Waals surface area contributed by atoms with Crippen molar-refractivity contribution in [3.8, 4) is 29.2 Å². The van der Waals surface area contributed by atoms with Crippen LogP contribution in [0.15, 0.2) is 60.7 Å².